The molecular formula is C20H21Cl2NO4. The number of halogens is 2. The number of Topliss-reactive ketones (excluding diaryl/α,β-unsaturated/α-hetero) is 1. The van der Waals surface area contributed by atoms with Crippen molar-refractivity contribution in [1.82, 2.24) is 4.57 Å². The summed E-state index contributed by atoms with van der Waals surface area (Å²) in [5, 5.41) is 0.609. The van der Waals surface area contributed by atoms with Gasteiger partial charge in [0.1, 0.15) is 0 Å². The predicted molar refractivity (Wildman–Crippen MR) is 104 cm³/mol. The highest BCUT2D eigenvalue weighted by Crippen LogP contribution is 2.23. The minimum absolute atomic E-state index is 0.185. The van der Waals surface area contributed by atoms with Crippen molar-refractivity contribution in [3.63, 3.8) is 0 Å². The monoisotopic (exact) mass is 409 g/mol. The maximum Gasteiger partial charge on any atom is 0.338 e. The van der Waals surface area contributed by atoms with E-state index in [1.807, 2.05) is 19.9 Å². The molecular weight excluding hydrogens is 389 g/mol. The topological polar surface area (TPSA) is 57.5 Å². The van der Waals surface area contributed by atoms with Crippen molar-refractivity contribution in [2.75, 3.05) is 13.2 Å². The van der Waals surface area contributed by atoms with Crippen LogP contribution in [0.4, 0.5) is 0 Å². The minimum Gasteiger partial charge on any atom is -0.454 e. The molecule has 0 spiro atoms. The van der Waals surface area contributed by atoms with E-state index in [-0.39, 0.29) is 29.1 Å². The maximum atomic E-state index is 12.6. The molecule has 0 radical (unpaired) electrons. The first-order valence-corrected chi connectivity index (χ1v) is 9.56. The lowest BCUT2D eigenvalue weighted by molar-refractivity contribution is 0.0474. The molecule has 1 aromatic carbocycles. The number of ether oxygens (including phenoxy) is 2. The Kier molecular flexibility index (Phi) is 6.25. The molecule has 1 saturated heterocycles. The van der Waals surface area contributed by atoms with Gasteiger partial charge in [0.2, 0.25) is 5.78 Å². The van der Waals surface area contributed by atoms with E-state index in [0.29, 0.717) is 10.6 Å². The Balaban J connectivity index is 1.65. The van der Waals surface area contributed by atoms with Gasteiger partial charge < -0.3 is 14.0 Å². The Morgan fingerprint density at radius 1 is 1.22 bits per heavy atom. The van der Waals surface area contributed by atoms with Crippen LogP contribution in [0.2, 0.25) is 10.0 Å². The molecule has 144 valence electrons. The summed E-state index contributed by atoms with van der Waals surface area (Å²) in [4.78, 5) is 24.7. The number of ketones is 1. The third kappa shape index (κ3) is 4.54. The van der Waals surface area contributed by atoms with Crippen molar-refractivity contribution in [3.8, 4) is 0 Å². The SMILES string of the molecule is Cc1cc(C(=O)COC(=O)c2ccc(Cl)c(Cl)c2)c(C)n1C[C@@H]1CCCO1. The highest BCUT2D eigenvalue weighted by Gasteiger charge is 2.22. The van der Waals surface area contributed by atoms with Crippen LogP contribution in [-0.2, 0) is 16.0 Å². The van der Waals surface area contributed by atoms with Gasteiger partial charge in [0.05, 0.1) is 21.7 Å². The van der Waals surface area contributed by atoms with Crippen LogP contribution in [0.3, 0.4) is 0 Å². The highest BCUT2D eigenvalue weighted by molar-refractivity contribution is 6.42. The van der Waals surface area contributed by atoms with Gasteiger partial charge in [-0.15, -0.1) is 0 Å². The van der Waals surface area contributed by atoms with Crippen LogP contribution in [0.25, 0.3) is 0 Å². The zero-order chi connectivity index (χ0) is 19.6. The molecule has 7 heteroatoms. The Bertz CT molecular complexity index is 869. The Morgan fingerprint density at radius 2 is 2.00 bits per heavy atom. The van der Waals surface area contributed by atoms with E-state index >= 15 is 0 Å². The first-order valence-electron chi connectivity index (χ1n) is 8.80. The standard InChI is InChI=1S/C20H21Cl2NO4/c1-12-8-16(13(2)23(12)10-15-4-3-7-26-15)19(24)11-27-20(25)14-5-6-17(21)18(22)9-14/h5-6,8-9,15H,3-4,7,10-11H2,1-2H3/t15-/m0/s1. The summed E-state index contributed by atoms with van der Waals surface area (Å²) >= 11 is 11.7. The third-order valence-corrected chi connectivity index (χ3v) is 5.51. The fraction of sp³-hybridized carbons (Fsp3) is 0.400. The van der Waals surface area contributed by atoms with Crippen LogP contribution in [0.5, 0.6) is 0 Å². The fourth-order valence-electron chi connectivity index (χ4n) is 3.27. The smallest absolute Gasteiger partial charge is 0.338 e. The first kappa shape index (κ1) is 19.9. The summed E-state index contributed by atoms with van der Waals surface area (Å²) in [5.41, 5.74) is 2.66. The fourth-order valence-corrected chi connectivity index (χ4v) is 3.57. The number of aryl methyl sites for hydroxylation is 1. The molecule has 1 aromatic heterocycles. The van der Waals surface area contributed by atoms with Gasteiger partial charge in [-0.25, -0.2) is 4.79 Å². The number of carbonyl (C=O) groups excluding carboxylic acids is 2. The second-order valence-electron chi connectivity index (χ2n) is 6.66. The van der Waals surface area contributed by atoms with E-state index in [1.165, 1.54) is 18.2 Å². The van der Waals surface area contributed by atoms with Crippen LogP contribution < -0.4 is 0 Å². The highest BCUT2D eigenvalue weighted by atomic mass is 35.5. The number of nitrogens with zero attached hydrogens (tertiary/aromatic N) is 1. The number of benzene rings is 1. The lowest BCUT2D eigenvalue weighted by atomic mass is 10.1. The van der Waals surface area contributed by atoms with E-state index in [2.05, 4.69) is 4.57 Å². The summed E-state index contributed by atoms with van der Waals surface area (Å²) in [6.45, 7) is 5.05. The van der Waals surface area contributed by atoms with Gasteiger partial charge >= 0.3 is 5.97 Å². The van der Waals surface area contributed by atoms with Crippen molar-refractivity contribution < 1.29 is 19.1 Å². The zero-order valence-electron chi connectivity index (χ0n) is 15.3. The van der Waals surface area contributed by atoms with Gasteiger partial charge in [0.25, 0.3) is 0 Å². The molecule has 0 amide bonds. The van der Waals surface area contributed by atoms with Gasteiger partial charge in [0, 0.05) is 30.1 Å². The molecule has 5 nitrogen and oxygen atoms in total. The van der Waals surface area contributed by atoms with Crippen molar-refractivity contribution in [2.45, 2.75) is 39.3 Å². The van der Waals surface area contributed by atoms with Gasteiger partial charge in [-0.05, 0) is 51.0 Å². The molecule has 2 heterocycles. The van der Waals surface area contributed by atoms with Gasteiger partial charge in [-0.3, -0.25) is 4.79 Å². The Labute approximate surface area is 168 Å². The number of esters is 1. The normalized spacial score (nSPS) is 16.5. The van der Waals surface area contributed by atoms with Crippen molar-refractivity contribution in [2.24, 2.45) is 0 Å². The summed E-state index contributed by atoms with van der Waals surface area (Å²) in [5.74, 6) is -0.856. The van der Waals surface area contributed by atoms with Gasteiger partial charge in [-0.1, -0.05) is 23.2 Å². The minimum atomic E-state index is -0.616. The van der Waals surface area contributed by atoms with Crippen molar-refractivity contribution >= 4 is 35.0 Å². The molecule has 1 aliphatic rings. The summed E-state index contributed by atoms with van der Waals surface area (Å²) in [6, 6.07) is 6.28. The van der Waals surface area contributed by atoms with Crippen molar-refractivity contribution in [3.05, 3.63) is 56.8 Å². The molecule has 1 aliphatic heterocycles. The lowest BCUT2D eigenvalue weighted by Crippen LogP contribution is -2.18. The van der Waals surface area contributed by atoms with Gasteiger partial charge in [0.15, 0.2) is 6.61 Å². The second kappa shape index (κ2) is 8.46. The van der Waals surface area contributed by atoms with Crippen molar-refractivity contribution in [1.29, 1.82) is 0 Å². The average molecular weight is 410 g/mol. The van der Waals surface area contributed by atoms with Gasteiger partial charge in [-0.2, -0.15) is 0 Å². The number of hydrogen-bond acceptors (Lipinski definition) is 4. The summed E-state index contributed by atoms with van der Waals surface area (Å²) in [6.07, 6.45) is 2.28. The van der Waals surface area contributed by atoms with E-state index in [4.69, 9.17) is 32.7 Å². The maximum absolute atomic E-state index is 12.6. The molecule has 0 bridgehead atoms. The molecule has 1 atom stereocenters. The van der Waals surface area contributed by atoms with Crippen LogP contribution in [-0.4, -0.2) is 35.6 Å². The number of carbonyl (C=O) groups is 2. The van der Waals surface area contributed by atoms with Crippen LogP contribution >= 0.6 is 23.2 Å². The number of hydrogen-bond donors (Lipinski definition) is 0. The molecule has 27 heavy (non-hydrogen) atoms. The van der Waals surface area contributed by atoms with E-state index in [9.17, 15) is 9.59 Å². The molecule has 2 aromatic rings. The molecule has 0 aliphatic carbocycles. The molecule has 3 rings (SSSR count). The lowest BCUT2D eigenvalue weighted by Gasteiger charge is -2.14. The van der Waals surface area contributed by atoms with Crippen LogP contribution in [0.15, 0.2) is 24.3 Å². The molecule has 0 unspecified atom stereocenters. The first-order chi connectivity index (χ1) is 12.9. The van der Waals surface area contributed by atoms with E-state index < -0.39 is 5.97 Å². The Hall–Kier alpha value is -1.82. The predicted octanol–water partition coefficient (Wildman–Crippen LogP) is 4.63. The zero-order valence-corrected chi connectivity index (χ0v) is 16.8. The molecule has 0 saturated carbocycles. The second-order valence-corrected chi connectivity index (χ2v) is 7.47. The Morgan fingerprint density at radius 3 is 2.67 bits per heavy atom. The molecule has 0 N–H and O–H groups in total. The average Bonchev–Trinajstić information content (AvgIpc) is 3.25. The third-order valence-electron chi connectivity index (χ3n) is 4.77. The molecule has 1 fully saturated rings. The number of aromatic nitrogens is 1. The van der Waals surface area contributed by atoms with E-state index in [0.717, 1.165) is 37.4 Å². The van der Waals surface area contributed by atoms with Crippen LogP contribution in [0, 0.1) is 13.8 Å². The number of rotatable bonds is 6. The van der Waals surface area contributed by atoms with Crippen LogP contribution in [0.1, 0.15) is 44.9 Å². The quantitative estimate of drug-likeness (QED) is 0.515. The summed E-state index contributed by atoms with van der Waals surface area (Å²) < 4.78 is 12.9. The van der Waals surface area contributed by atoms with E-state index in [1.54, 1.807) is 0 Å². The largest absolute Gasteiger partial charge is 0.454 e. The summed E-state index contributed by atoms with van der Waals surface area (Å²) in [7, 11) is 0.